The Morgan fingerprint density at radius 2 is 1.60 bits per heavy atom. The number of amides is 3. The third-order valence-corrected chi connectivity index (χ3v) is 12.6. The van der Waals surface area contributed by atoms with Gasteiger partial charge in [0.15, 0.2) is 11.6 Å². The van der Waals surface area contributed by atoms with Crippen molar-refractivity contribution < 1.29 is 14.4 Å². The number of piperazine rings is 1. The number of nitrogens with zero attached hydrogens (tertiary/aromatic N) is 10. The van der Waals surface area contributed by atoms with Gasteiger partial charge >= 0.3 is 6.03 Å². The number of Topliss-reactive ketones (excluding diaryl/α,β-unsaturated/α-hetero) is 1. The monoisotopic (exact) mass is 786 g/mol. The van der Waals surface area contributed by atoms with Crippen LogP contribution in [0.5, 0.6) is 0 Å². The van der Waals surface area contributed by atoms with E-state index in [9.17, 15) is 19.2 Å². The Bertz CT molecular complexity index is 2460. The molecule has 0 unspecified atom stereocenters. The van der Waals surface area contributed by atoms with Gasteiger partial charge in [-0.25, -0.2) is 14.8 Å². The van der Waals surface area contributed by atoms with E-state index >= 15 is 0 Å². The Morgan fingerprint density at radius 3 is 2.31 bits per heavy atom. The molecule has 16 nitrogen and oxygen atoms in total. The van der Waals surface area contributed by atoms with E-state index in [1.54, 1.807) is 22.6 Å². The molecular weight excluding hydrogens is 737 g/mol. The van der Waals surface area contributed by atoms with E-state index in [-0.39, 0.29) is 35.3 Å². The van der Waals surface area contributed by atoms with E-state index < -0.39 is 6.03 Å². The maximum atomic E-state index is 13.6. The Labute approximate surface area is 336 Å². The van der Waals surface area contributed by atoms with E-state index in [0.717, 1.165) is 112 Å². The lowest BCUT2D eigenvalue weighted by Crippen LogP contribution is -2.49. The third kappa shape index (κ3) is 7.14. The minimum absolute atomic E-state index is 0.0204. The number of aryl methyl sites for hydroxylation is 2. The van der Waals surface area contributed by atoms with Gasteiger partial charge < -0.3 is 15.1 Å². The second kappa shape index (κ2) is 15.5. The molecule has 3 amide bonds. The highest BCUT2D eigenvalue weighted by atomic mass is 16.2. The molecule has 4 aliphatic rings. The number of anilines is 5. The van der Waals surface area contributed by atoms with Crippen molar-refractivity contribution >= 4 is 68.6 Å². The molecule has 1 aromatic carbocycles. The fraction of sp³-hybridized carbons (Fsp3) is 0.476. The molecule has 5 aromatic rings. The van der Waals surface area contributed by atoms with Crippen molar-refractivity contribution in [2.24, 2.45) is 13.0 Å². The van der Waals surface area contributed by atoms with Gasteiger partial charge in [-0.05, 0) is 81.3 Å². The number of fused-ring (bicyclic) bond motifs is 2. The first-order valence-electron chi connectivity index (χ1n) is 20.6. The summed E-state index contributed by atoms with van der Waals surface area (Å²) in [4.78, 5) is 73.3. The molecule has 58 heavy (non-hydrogen) atoms. The minimum atomic E-state index is -0.422. The molecule has 3 saturated heterocycles. The summed E-state index contributed by atoms with van der Waals surface area (Å²) in [7, 11) is 1.89. The number of carbonyl (C=O) groups is 3. The number of piperidine rings is 1. The molecule has 0 spiro atoms. The zero-order valence-corrected chi connectivity index (χ0v) is 33.4. The quantitative estimate of drug-likeness (QED) is 0.194. The number of ketones is 1. The second-order valence-electron chi connectivity index (χ2n) is 16.2. The molecule has 1 aliphatic carbocycles. The van der Waals surface area contributed by atoms with Gasteiger partial charge in [0.1, 0.15) is 11.5 Å². The molecule has 4 fully saturated rings. The fourth-order valence-corrected chi connectivity index (χ4v) is 9.39. The summed E-state index contributed by atoms with van der Waals surface area (Å²) in [6, 6.07) is 9.95. The van der Waals surface area contributed by atoms with E-state index in [2.05, 4.69) is 53.6 Å². The van der Waals surface area contributed by atoms with Gasteiger partial charge in [-0.3, -0.25) is 38.7 Å². The normalized spacial score (nSPS) is 18.8. The Balaban J connectivity index is 0.781. The van der Waals surface area contributed by atoms with Gasteiger partial charge in [-0.15, -0.1) is 0 Å². The van der Waals surface area contributed by atoms with E-state index in [1.165, 1.54) is 6.92 Å². The average Bonchev–Trinajstić information content (AvgIpc) is 3.87. The van der Waals surface area contributed by atoms with Crippen molar-refractivity contribution in [2.45, 2.75) is 64.8 Å². The smallest absolute Gasteiger partial charge is 0.329 e. The Kier molecular flexibility index (Phi) is 10.0. The number of urea groups is 1. The molecule has 16 heteroatoms. The van der Waals surface area contributed by atoms with Gasteiger partial charge in [-0.2, -0.15) is 10.1 Å². The van der Waals surface area contributed by atoms with E-state index in [4.69, 9.17) is 9.97 Å². The third-order valence-electron chi connectivity index (χ3n) is 12.6. The lowest BCUT2D eigenvalue weighted by molar-refractivity contribution is -0.120. The number of carbonyl (C=O) groups excluding carboxylic acids is 3. The maximum Gasteiger partial charge on any atom is 0.329 e. The van der Waals surface area contributed by atoms with Gasteiger partial charge in [0.05, 0.1) is 23.0 Å². The van der Waals surface area contributed by atoms with Crippen molar-refractivity contribution in [1.82, 2.24) is 39.5 Å². The van der Waals surface area contributed by atoms with Crippen molar-refractivity contribution in [3.63, 3.8) is 0 Å². The van der Waals surface area contributed by atoms with Crippen LogP contribution in [-0.4, -0.2) is 104 Å². The van der Waals surface area contributed by atoms with Crippen LogP contribution in [0.4, 0.5) is 33.8 Å². The molecular formula is C42H50N12O4. The zero-order chi connectivity index (χ0) is 40.1. The highest BCUT2D eigenvalue weighted by Crippen LogP contribution is 2.34. The van der Waals surface area contributed by atoms with Crippen molar-refractivity contribution in [2.75, 3.05) is 72.4 Å². The zero-order valence-electron chi connectivity index (χ0n) is 33.4. The van der Waals surface area contributed by atoms with Gasteiger partial charge in [0, 0.05) is 94.5 Å². The standard InChI is InChI=1S/C42H50N12O4/c1-26-33-24-44-41(47-38(33)54(29-6-4-5-7-29)40(57)37(26)27(2)55)45-35-11-9-31(23-43-35)52-20-18-50(19-21-52)25-28-12-15-51(16-13-28)30-8-10-32-34(22-30)49(3)48-39(32)53-17-14-36(56)46-42(53)58/h8-11,22-24,28-29H,4-7,12-21,25H2,1-3H3,(H,46,56,58)(H,43,44,45,47). The van der Waals surface area contributed by atoms with Gasteiger partial charge in [-0.1, -0.05) is 12.8 Å². The molecule has 4 aromatic heterocycles. The van der Waals surface area contributed by atoms with E-state index in [1.807, 2.05) is 30.1 Å². The van der Waals surface area contributed by atoms with Crippen molar-refractivity contribution in [3.8, 4) is 0 Å². The molecule has 0 radical (unpaired) electrons. The predicted octanol–water partition coefficient (Wildman–Crippen LogP) is 4.93. The first-order chi connectivity index (χ1) is 28.1. The van der Waals surface area contributed by atoms with Gasteiger partial charge in [0.2, 0.25) is 11.9 Å². The summed E-state index contributed by atoms with van der Waals surface area (Å²) in [6.07, 6.45) is 10.0. The Morgan fingerprint density at radius 1 is 0.862 bits per heavy atom. The van der Waals surface area contributed by atoms with Crippen LogP contribution in [0, 0.1) is 12.8 Å². The van der Waals surface area contributed by atoms with Crippen LogP contribution in [0.3, 0.4) is 0 Å². The van der Waals surface area contributed by atoms with Crippen LogP contribution in [0.15, 0.2) is 47.5 Å². The molecule has 7 heterocycles. The summed E-state index contributed by atoms with van der Waals surface area (Å²) in [5, 5.41) is 11.9. The molecule has 302 valence electrons. The van der Waals surface area contributed by atoms with Crippen molar-refractivity contribution in [1.29, 1.82) is 0 Å². The van der Waals surface area contributed by atoms with E-state index in [0.29, 0.717) is 41.3 Å². The predicted molar refractivity (Wildman–Crippen MR) is 223 cm³/mol. The molecule has 3 aliphatic heterocycles. The van der Waals surface area contributed by atoms with Crippen molar-refractivity contribution in [3.05, 3.63) is 64.2 Å². The number of aromatic nitrogens is 6. The topological polar surface area (TPSA) is 167 Å². The van der Waals surface area contributed by atoms with Crippen LogP contribution < -0.4 is 30.9 Å². The lowest BCUT2D eigenvalue weighted by atomic mass is 9.95. The number of nitrogens with one attached hydrogen (secondary N) is 2. The lowest BCUT2D eigenvalue weighted by Gasteiger charge is -2.40. The SMILES string of the molecule is CC(=O)c1c(C)c2cnc(Nc3ccc(N4CCN(CC5CCN(c6ccc7c(N8CCC(=O)NC8=O)nn(C)c7c6)CC5)CC4)cn3)nc2n(C2CCCC2)c1=O. The first-order valence-corrected chi connectivity index (χ1v) is 20.6. The first kappa shape index (κ1) is 37.7. The summed E-state index contributed by atoms with van der Waals surface area (Å²) in [5.41, 5.74) is 4.35. The van der Waals surface area contributed by atoms with Crippen LogP contribution in [-0.2, 0) is 11.8 Å². The molecule has 2 N–H and O–H groups in total. The fourth-order valence-electron chi connectivity index (χ4n) is 9.39. The summed E-state index contributed by atoms with van der Waals surface area (Å²) >= 11 is 0. The summed E-state index contributed by atoms with van der Waals surface area (Å²) in [5.74, 6) is 1.73. The Hall–Kier alpha value is -5.90. The molecule has 0 bridgehead atoms. The number of pyridine rings is 2. The number of benzene rings is 1. The molecule has 1 saturated carbocycles. The number of rotatable bonds is 9. The largest absolute Gasteiger partial charge is 0.371 e. The molecule has 9 rings (SSSR count). The van der Waals surface area contributed by atoms with Crippen LogP contribution in [0.25, 0.3) is 21.9 Å². The highest BCUT2D eigenvalue weighted by molar-refractivity contribution is 6.09. The molecule has 0 atom stereocenters. The maximum absolute atomic E-state index is 13.6. The second-order valence-corrected chi connectivity index (χ2v) is 16.2. The van der Waals surface area contributed by atoms with Crippen LogP contribution >= 0.6 is 0 Å². The number of imide groups is 1. The summed E-state index contributed by atoms with van der Waals surface area (Å²) in [6.45, 7) is 10.5. The van der Waals surface area contributed by atoms with Gasteiger partial charge in [0.25, 0.3) is 5.56 Å². The van der Waals surface area contributed by atoms with Crippen LogP contribution in [0.2, 0.25) is 0 Å². The summed E-state index contributed by atoms with van der Waals surface area (Å²) < 4.78 is 3.54. The average molecular weight is 787 g/mol. The number of hydrogen-bond donors (Lipinski definition) is 2. The van der Waals surface area contributed by atoms with Crippen LogP contribution in [0.1, 0.15) is 73.8 Å². The minimum Gasteiger partial charge on any atom is -0.371 e. The highest BCUT2D eigenvalue weighted by Gasteiger charge is 2.30. The number of hydrogen-bond acceptors (Lipinski definition) is 12.